The number of carbonyl (C=O) groups is 2. The van der Waals surface area contributed by atoms with Gasteiger partial charge < -0.3 is 10.2 Å². The molecule has 1 saturated carbocycles. The number of Topliss-reactive ketones (excluding diaryl/α,β-unsaturated/α-hetero) is 1. The van der Waals surface area contributed by atoms with Crippen molar-refractivity contribution in [3.63, 3.8) is 0 Å². The van der Waals surface area contributed by atoms with Gasteiger partial charge in [0.25, 0.3) is 0 Å². The van der Waals surface area contributed by atoms with E-state index in [9.17, 15) is 20.0 Å². The molecule has 1 aliphatic rings. The van der Waals surface area contributed by atoms with E-state index in [0.29, 0.717) is 25.7 Å². The van der Waals surface area contributed by atoms with E-state index in [0.717, 1.165) is 44.9 Å². The lowest BCUT2D eigenvalue weighted by molar-refractivity contribution is -0.283. The van der Waals surface area contributed by atoms with E-state index in [4.69, 9.17) is 5.11 Å². The fourth-order valence-corrected chi connectivity index (χ4v) is 4.62. The maximum Gasteiger partial charge on any atom is 0.303 e. The summed E-state index contributed by atoms with van der Waals surface area (Å²) in [5, 5.41) is 28.6. The highest BCUT2D eigenvalue weighted by atomic mass is 17.1. The zero-order chi connectivity index (χ0) is 21.2. The number of hydrogen-bond acceptors (Lipinski definition) is 5. The zero-order valence-electron chi connectivity index (χ0n) is 17.9. The second-order valence-electron chi connectivity index (χ2n) is 8.96. The molecule has 28 heavy (non-hydrogen) atoms. The van der Waals surface area contributed by atoms with E-state index in [1.165, 1.54) is 0 Å². The van der Waals surface area contributed by atoms with Crippen LogP contribution >= 0.6 is 0 Å². The highest BCUT2D eigenvalue weighted by molar-refractivity contribution is 5.88. The lowest BCUT2D eigenvalue weighted by Crippen LogP contribution is -2.42. The molecule has 0 aromatic rings. The molecular formula is C22H40O6. The minimum Gasteiger partial charge on any atom is -0.481 e. The van der Waals surface area contributed by atoms with Gasteiger partial charge in [0.15, 0.2) is 0 Å². The van der Waals surface area contributed by atoms with E-state index in [1.54, 1.807) is 0 Å². The number of aliphatic hydroxyl groups is 1. The summed E-state index contributed by atoms with van der Waals surface area (Å²) in [5.41, 5.74) is -1.13. The topological polar surface area (TPSA) is 104 Å². The molecule has 0 radical (unpaired) electrons. The zero-order valence-corrected chi connectivity index (χ0v) is 17.9. The van der Waals surface area contributed by atoms with Crippen molar-refractivity contribution in [2.75, 3.05) is 0 Å². The smallest absolute Gasteiger partial charge is 0.303 e. The van der Waals surface area contributed by atoms with E-state index in [-0.39, 0.29) is 24.7 Å². The van der Waals surface area contributed by atoms with Crippen LogP contribution in [0.15, 0.2) is 0 Å². The minimum absolute atomic E-state index is 0.112. The maximum atomic E-state index is 12.7. The molecule has 0 saturated heterocycles. The summed E-state index contributed by atoms with van der Waals surface area (Å²) in [6, 6.07) is 0. The van der Waals surface area contributed by atoms with Crippen molar-refractivity contribution in [3.8, 4) is 0 Å². The van der Waals surface area contributed by atoms with Gasteiger partial charge in [0.05, 0.1) is 12.2 Å². The number of aliphatic hydroxyl groups excluding tert-OH is 1. The van der Waals surface area contributed by atoms with Crippen LogP contribution in [0.5, 0.6) is 0 Å². The van der Waals surface area contributed by atoms with E-state index < -0.39 is 22.9 Å². The Morgan fingerprint density at radius 2 is 1.79 bits per heavy atom. The monoisotopic (exact) mass is 400 g/mol. The normalized spacial score (nSPS) is 28.6. The fourth-order valence-electron chi connectivity index (χ4n) is 4.62. The largest absolute Gasteiger partial charge is 0.481 e. The van der Waals surface area contributed by atoms with Crippen LogP contribution in [-0.4, -0.2) is 39.4 Å². The van der Waals surface area contributed by atoms with Crippen LogP contribution in [0.25, 0.3) is 0 Å². The molecule has 1 aliphatic carbocycles. The van der Waals surface area contributed by atoms with E-state index in [2.05, 4.69) is 11.8 Å². The third-order valence-electron chi connectivity index (χ3n) is 7.07. The van der Waals surface area contributed by atoms with Crippen LogP contribution in [0.3, 0.4) is 0 Å². The Balaban J connectivity index is 2.63. The summed E-state index contributed by atoms with van der Waals surface area (Å²) in [6.07, 6.45) is 8.61. The highest BCUT2D eigenvalue weighted by Gasteiger charge is 2.58. The standard InChI is InChI=1S/C22H40O6/c1-4-5-8-11-17(28-27)13-15-22(3)19(24)16-18(23)21(22,2)14-10-7-6-9-12-20(25)26/h17,19,24,27H,4-16H2,1-3H3,(H,25,26)/t17?,19-,21+,22+/m0/s1. The second-order valence-corrected chi connectivity index (χ2v) is 8.96. The van der Waals surface area contributed by atoms with Crippen LogP contribution < -0.4 is 0 Å². The molecule has 0 spiro atoms. The SMILES string of the molecule is CCCCCC(CC[C@]1(C)[C@@H](O)CC(=O)[C@@]1(C)CCCCCCC(=O)O)OO. The number of carboxylic acids is 1. The number of rotatable bonds is 15. The summed E-state index contributed by atoms with van der Waals surface area (Å²) in [4.78, 5) is 28.0. The second kappa shape index (κ2) is 11.9. The molecule has 6 nitrogen and oxygen atoms in total. The Morgan fingerprint density at radius 3 is 2.39 bits per heavy atom. The van der Waals surface area contributed by atoms with Crippen molar-refractivity contribution in [3.05, 3.63) is 0 Å². The Bertz CT molecular complexity index is 493. The van der Waals surface area contributed by atoms with Gasteiger partial charge in [0.1, 0.15) is 5.78 Å². The van der Waals surface area contributed by atoms with E-state index in [1.807, 2.05) is 13.8 Å². The average molecular weight is 401 g/mol. The van der Waals surface area contributed by atoms with Gasteiger partial charge >= 0.3 is 5.97 Å². The Labute approximate surface area is 169 Å². The summed E-state index contributed by atoms with van der Waals surface area (Å²) in [5.74, 6) is -0.659. The predicted octanol–water partition coefficient (Wildman–Crippen LogP) is 4.98. The molecule has 0 bridgehead atoms. The lowest BCUT2D eigenvalue weighted by atomic mass is 9.62. The first-order valence-electron chi connectivity index (χ1n) is 10.9. The first-order chi connectivity index (χ1) is 13.2. The van der Waals surface area contributed by atoms with Gasteiger partial charge in [-0.15, -0.1) is 0 Å². The maximum absolute atomic E-state index is 12.7. The number of hydrogen-bond donors (Lipinski definition) is 3. The van der Waals surface area contributed by atoms with Crippen LogP contribution in [0.1, 0.15) is 104 Å². The van der Waals surface area contributed by atoms with Crippen LogP contribution in [0.4, 0.5) is 0 Å². The highest BCUT2D eigenvalue weighted by Crippen LogP contribution is 2.56. The van der Waals surface area contributed by atoms with Crippen LogP contribution in [0.2, 0.25) is 0 Å². The fraction of sp³-hybridized carbons (Fsp3) is 0.909. The molecule has 0 aliphatic heterocycles. The van der Waals surface area contributed by atoms with Crippen molar-refractivity contribution in [2.24, 2.45) is 10.8 Å². The molecule has 1 rings (SSSR count). The van der Waals surface area contributed by atoms with Gasteiger partial charge in [0, 0.05) is 23.7 Å². The van der Waals surface area contributed by atoms with Crippen molar-refractivity contribution in [1.82, 2.24) is 0 Å². The minimum atomic E-state index is -0.770. The molecule has 3 N–H and O–H groups in total. The van der Waals surface area contributed by atoms with Gasteiger partial charge in [0.2, 0.25) is 0 Å². The Kier molecular flexibility index (Phi) is 10.6. The lowest BCUT2D eigenvalue weighted by Gasteiger charge is -2.42. The number of ketones is 1. The van der Waals surface area contributed by atoms with E-state index >= 15 is 0 Å². The summed E-state index contributed by atoms with van der Waals surface area (Å²) in [7, 11) is 0. The third kappa shape index (κ3) is 6.53. The molecule has 0 aromatic carbocycles. The summed E-state index contributed by atoms with van der Waals surface area (Å²) < 4.78 is 0. The number of unbranched alkanes of at least 4 members (excludes halogenated alkanes) is 5. The molecule has 0 aromatic heterocycles. The number of carbonyl (C=O) groups excluding carboxylic acids is 1. The van der Waals surface area contributed by atoms with Gasteiger partial charge in [-0.05, 0) is 32.1 Å². The first kappa shape index (κ1) is 25.1. The first-order valence-corrected chi connectivity index (χ1v) is 10.9. The molecule has 0 amide bonds. The molecular weight excluding hydrogens is 360 g/mol. The number of carboxylic acid groups (broad SMARTS) is 1. The Morgan fingerprint density at radius 1 is 1.11 bits per heavy atom. The molecule has 0 heterocycles. The van der Waals surface area contributed by atoms with Crippen LogP contribution in [-0.2, 0) is 14.5 Å². The molecule has 1 unspecified atom stereocenters. The van der Waals surface area contributed by atoms with Crippen LogP contribution in [0, 0.1) is 10.8 Å². The Hall–Kier alpha value is -0.980. The van der Waals surface area contributed by atoms with Crippen molar-refractivity contribution < 1.29 is 29.9 Å². The average Bonchev–Trinajstić information content (AvgIpc) is 2.81. The molecule has 1 fully saturated rings. The number of aliphatic carboxylic acids is 1. The molecule has 164 valence electrons. The van der Waals surface area contributed by atoms with Gasteiger partial charge in [-0.25, -0.2) is 4.89 Å². The van der Waals surface area contributed by atoms with Crippen molar-refractivity contribution >= 4 is 11.8 Å². The third-order valence-corrected chi connectivity index (χ3v) is 7.07. The van der Waals surface area contributed by atoms with Crippen molar-refractivity contribution in [2.45, 2.75) is 116 Å². The van der Waals surface area contributed by atoms with Gasteiger partial charge in [-0.3, -0.25) is 14.8 Å². The predicted molar refractivity (Wildman–Crippen MR) is 108 cm³/mol. The summed E-state index contributed by atoms with van der Waals surface area (Å²) >= 11 is 0. The van der Waals surface area contributed by atoms with Gasteiger partial charge in [-0.2, -0.15) is 0 Å². The summed E-state index contributed by atoms with van der Waals surface area (Å²) in [6.45, 7) is 6.09. The molecule has 6 heteroatoms. The quantitative estimate of drug-likeness (QED) is 0.203. The van der Waals surface area contributed by atoms with Crippen molar-refractivity contribution in [1.29, 1.82) is 0 Å². The van der Waals surface area contributed by atoms with Gasteiger partial charge in [-0.1, -0.05) is 59.3 Å². The molecule has 4 atom stereocenters.